The fourth-order valence-corrected chi connectivity index (χ4v) is 2.87. The molecule has 0 spiro atoms. The maximum atomic E-state index is 13.3. The molecule has 4 nitrogen and oxygen atoms in total. The molecule has 0 unspecified atom stereocenters. The average Bonchev–Trinajstić information content (AvgIpc) is 3.14. The normalized spacial score (nSPS) is 11.4. The maximum absolute atomic E-state index is 13.3. The zero-order valence-electron chi connectivity index (χ0n) is 13.1. The van der Waals surface area contributed by atoms with Crippen molar-refractivity contribution in [2.75, 3.05) is 0 Å². The fraction of sp³-hybridized carbons (Fsp3) is 0.158. The minimum absolute atomic E-state index is 0.115. The number of ketones is 1. The number of hydrogen-bond donors (Lipinski definition) is 1. The standard InChI is InChI=1S/C19H15FN2O2/c1-11(23)2-7-19-22-16-6-3-12(8-18(16)24-19)15-10-21-17-9-13(20)4-5-14(15)17/h3-6,8-10,21H,2,7H2,1H3. The Morgan fingerprint density at radius 1 is 1.25 bits per heavy atom. The molecular weight excluding hydrogens is 307 g/mol. The molecule has 0 saturated heterocycles. The predicted molar refractivity (Wildman–Crippen MR) is 90.3 cm³/mol. The van der Waals surface area contributed by atoms with E-state index in [0.29, 0.717) is 24.3 Å². The summed E-state index contributed by atoms with van der Waals surface area (Å²) in [6, 6.07) is 10.5. The lowest BCUT2D eigenvalue weighted by molar-refractivity contribution is -0.117. The number of nitrogens with one attached hydrogen (secondary N) is 1. The molecule has 0 aliphatic rings. The summed E-state index contributed by atoms with van der Waals surface area (Å²) in [6.07, 6.45) is 2.79. The first-order valence-corrected chi connectivity index (χ1v) is 7.76. The summed E-state index contributed by atoms with van der Waals surface area (Å²) >= 11 is 0. The third-order valence-electron chi connectivity index (χ3n) is 4.08. The van der Waals surface area contributed by atoms with Gasteiger partial charge >= 0.3 is 0 Å². The van der Waals surface area contributed by atoms with Crippen molar-refractivity contribution < 1.29 is 13.6 Å². The molecule has 0 bridgehead atoms. The molecule has 24 heavy (non-hydrogen) atoms. The summed E-state index contributed by atoms with van der Waals surface area (Å²) in [5, 5.41) is 0.951. The minimum Gasteiger partial charge on any atom is -0.441 e. The number of benzene rings is 2. The van der Waals surface area contributed by atoms with Gasteiger partial charge in [-0.2, -0.15) is 0 Å². The van der Waals surface area contributed by atoms with Crippen LogP contribution in [-0.4, -0.2) is 15.8 Å². The first-order chi connectivity index (χ1) is 11.6. The highest BCUT2D eigenvalue weighted by Crippen LogP contribution is 2.31. The predicted octanol–water partition coefficient (Wildman–Crippen LogP) is 4.64. The summed E-state index contributed by atoms with van der Waals surface area (Å²) in [7, 11) is 0. The Kier molecular flexibility index (Phi) is 3.41. The fourth-order valence-electron chi connectivity index (χ4n) is 2.87. The average molecular weight is 322 g/mol. The van der Waals surface area contributed by atoms with E-state index in [1.165, 1.54) is 12.1 Å². The Labute approximate surface area is 137 Å². The van der Waals surface area contributed by atoms with Crippen molar-refractivity contribution in [3.8, 4) is 11.1 Å². The second-order valence-corrected chi connectivity index (χ2v) is 5.88. The molecule has 0 radical (unpaired) electrons. The van der Waals surface area contributed by atoms with Gasteiger partial charge in [0.05, 0.1) is 0 Å². The van der Waals surface area contributed by atoms with Crippen molar-refractivity contribution >= 4 is 27.8 Å². The summed E-state index contributed by atoms with van der Waals surface area (Å²) < 4.78 is 19.1. The van der Waals surface area contributed by atoms with E-state index in [2.05, 4.69) is 9.97 Å². The number of H-pyrrole nitrogens is 1. The Morgan fingerprint density at radius 3 is 2.96 bits per heavy atom. The highest BCUT2D eigenvalue weighted by Gasteiger charge is 2.11. The monoisotopic (exact) mass is 322 g/mol. The lowest BCUT2D eigenvalue weighted by atomic mass is 10.0. The van der Waals surface area contributed by atoms with Crippen LogP contribution in [0, 0.1) is 5.82 Å². The first kappa shape index (κ1) is 14.6. The Balaban J connectivity index is 1.74. The van der Waals surface area contributed by atoms with E-state index in [0.717, 1.165) is 27.5 Å². The van der Waals surface area contributed by atoms with E-state index in [-0.39, 0.29) is 11.6 Å². The highest BCUT2D eigenvalue weighted by atomic mass is 19.1. The molecule has 2 aromatic heterocycles. The Bertz CT molecular complexity index is 1060. The van der Waals surface area contributed by atoms with Gasteiger partial charge in [-0.15, -0.1) is 0 Å². The van der Waals surface area contributed by atoms with Gasteiger partial charge in [0, 0.05) is 35.5 Å². The van der Waals surface area contributed by atoms with Crippen LogP contribution in [0.25, 0.3) is 33.1 Å². The van der Waals surface area contributed by atoms with E-state index < -0.39 is 0 Å². The lowest BCUT2D eigenvalue weighted by Crippen LogP contribution is -1.93. The van der Waals surface area contributed by atoms with Crippen LogP contribution in [0.2, 0.25) is 0 Å². The zero-order chi connectivity index (χ0) is 16.7. The number of carbonyl (C=O) groups excluding carboxylic acids is 1. The Hall–Kier alpha value is -2.95. The molecule has 4 aromatic rings. The van der Waals surface area contributed by atoms with Gasteiger partial charge < -0.3 is 14.2 Å². The van der Waals surface area contributed by atoms with Gasteiger partial charge in [0.1, 0.15) is 17.1 Å². The van der Waals surface area contributed by atoms with E-state index in [1.807, 2.05) is 24.4 Å². The van der Waals surface area contributed by atoms with Crippen molar-refractivity contribution in [2.45, 2.75) is 19.8 Å². The molecule has 2 heterocycles. The largest absolute Gasteiger partial charge is 0.441 e. The van der Waals surface area contributed by atoms with Crippen LogP contribution in [0.3, 0.4) is 0 Å². The van der Waals surface area contributed by atoms with Gasteiger partial charge in [0.25, 0.3) is 0 Å². The second kappa shape index (κ2) is 5.60. The van der Waals surface area contributed by atoms with Gasteiger partial charge in [0.15, 0.2) is 11.5 Å². The highest BCUT2D eigenvalue weighted by molar-refractivity contribution is 5.97. The lowest BCUT2D eigenvalue weighted by Gasteiger charge is -1.99. The molecule has 0 aliphatic carbocycles. The van der Waals surface area contributed by atoms with E-state index >= 15 is 0 Å². The molecule has 0 aliphatic heterocycles. The van der Waals surface area contributed by atoms with Crippen LogP contribution < -0.4 is 0 Å². The van der Waals surface area contributed by atoms with Crippen molar-refractivity contribution in [3.05, 3.63) is 54.3 Å². The van der Waals surface area contributed by atoms with Crippen molar-refractivity contribution in [1.82, 2.24) is 9.97 Å². The summed E-state index contributed by atoms with van der Waals surface area (Å²) in [5.41, 5.74) is 4.15. The molecule has 0 fully saturated rings. The topological polar surface area (TPSA) is 58.9 Å². The summed E-state index contributed by atoms with van der Waals surface area (Å²) in [6.45, 7) is 1.56. The molecule has 1 N–H and O–H groups in total. The van der Waals surface area contributed by atoms with Gasteiger partial charge in [-0.25, -0.2) is 9.37 Å². The molecule has 4 rings (SSSR count). The van der Waals surface area contributed by atoms with Crippen LogP contribution in [0.5, 0.6) is 0 Å². The maximum Gasteiger partial charge on any atom is 0.195 e. The van der Waals surface area contributed by atoms with Crippen LogP contribution in [0.1, 0.15) is 19.2 Å². The second-order valence-electron chi connectivity index (χ2n) is 5.88. The number of halogens is 1. The number of aromatic nitrogens is 2. The van der Waals surface area contributed by atoms with Crippen molar-refractivity contribution in [3.63, 3.8) is 0 Å². The molecule has 0 atom stereocenters. The van der Waals surface area contributed by atoms with Crippen LogP contribution in [-0.2, 0) is 11.2 Å². The SMILES string of the molecule is CC(=O)CCc1nc2ccc(-c3c[nH]c4cc(F)ccc34)cc2o1. The number of carbonyl (C=O) groups is 1. The zero-order valence-corrected chi connectivity index (χ0v) is 13.1. The van der Waals surface area contributed by atoms with Crippen LogP contribution in [0.15, 0.2) is 47.0 Å². The molecule has 5 heteroatoms. The quantitative estimate of drug-likeness (QED) is 0.595. The molecular formula is C19H15FN2O2. The number of oxazole rings is 1. The molecule has 120 valence electrons. The van der Waals surface area contributed by atoms with Crippen molar-refractivity contribution in [2.24, 2.45) is 0 Å². The molecule has 2 aromatic carbocycles. The van der Waals surface area contributed by atoms with Crippen LogP contribution in [0.4, 0.5) is 4.39 Å². The van der Waals surface area contributed by atoms with E-state index in [9.17, 15) is 9.18 Å². The summed E-state index contributed by atoms with van der Waals surface area (Å²) in [4.78, 5) is 18.6. The number of rotatable bonds is 4. The number of nitrogens with zero attached hydrogens (tertiary/aromatic N) is 1. The third kappa shape index (κ3) is 2.58. The van der Waals surface area contributed by atoms with E-state index in [1.54, 1.807) is 13.0 Å². The third-order valence-corrected chi connectivity index (χ3v) is 4.08. The first-order valence-electron chi connectivity index (χ1n) is 7.76. The Morgan fingerprint density at radius 2 is 2.12 bits per heavy atom. The van der Waals surface area contributed by atoms with Gasteiger partial charge in [-0.3, -0.25) is 0 Å². The summed E-state index contributed by atoms with van der Waals surface area (Å²) in [5.74, 6) is 0.416. The van der Waals surface area contributed by atoms with E-state index in [4.69, 9.17) is 4.42 Å². The molecule has 0 amide bonds. The smallest absolute Gasteiger partial charge is 0.195 e. The molecule has 0 saturated carbocycles. The number of fused-ring (bicyclic) bond motifs is 2. The van der Waals surface area contributed by atoms with Gasteiger partial charge in [-0.1, -0.05) is 6.07 Å². The van der Waals surface area contributed by atoms with Crippen LogP contribution >= 0.6 is 0 Å². The minimum atomic E-state index is -0.267. The number of Topliss-reactive ketones (excluding diaryl/α,β-unsaturated/α-hetero) is 1. The number of aromatic amines is 1. The number of hydrogen-bond acceptors (Lipinski definition) is 3. The van der Waals surface area contributed by atoms with Crippen molar-refractivity contribution in [1.29, 1.82) is 0 Å². The van der Waals surface area contributed by atoms with Gasteiger partial charge in [-0.05, 0) is 42.8 Å². The van der Waals surface area contributed by atoms with Gasteiger partial charge in [0.2, 0.25) is 0 Å². The number of aryl methyl sites for hydroxylation is 1.